The summed E-state index contributed by atoms with van der Waals surface area (Å²) in [6.45, 7) is 4.06. The van der Waals surface area contributed by atoms with Crippen LogP contribution in [0.2, 0.25) is 0 Å². The van der Waals surface area contributed by atoms with Crippen LogP contribution in [0.25, 0.3) is 0 Å². The van der Waals surface area contributed by atoms with E-state index in [1.165, 1.54) is 0 Å². The highest BCUT2D eigenvalue weighted by Gasteiger charge is 2.24. The number of carbonyl (C=O) groups is 1. The second-order valence-electron chi connectivity index (χ2n) is 4.36. The maximum absolute atomic E-state index is 11.5. The molecule has 0 spiro atoms. The lowest BCUT2D eigenvalue weighted by Crippen LogP contribution is -2.36. The number of alkyl halides is 1. The number of hydrogen-bond donors (Lipinski definition) is 2. The molecule has 2 atom stereocenters. The van der Waals surface area contributed by atoms with E-state index in [0.717, 1.165) is 23.3 Å². The van der Waals surface area contributed by atoms with E-state index in [1.807, 2.05) is 18.4 Å². The third kappa shape index (κ3) is 4.26. The zero-order valence-electron chi connectivity index (χ0n) is 10.8. The van der Waals surface area contributed by atoms with Gasteiger partial charge in [-0.05, 0) is 30.4 Å². The largest absolute Gasteiger partial charge is 0.391 e. The van der Waals surface area contributed by atoms with E-state index in [9.17, 15) is 9.90 Å². The van der Waals surface area contributed by atoms with E-state index >= 15 is 0 Å². The molecule has 0 bridgehead atoms. The summed E-state index contributed by atoms with van der Waals surface area (Å²) < 4.78 is 0. The molecule has 0 aliphatic carbocycles. The highest BCUT2D eigenvalue weighted by atomic mass is 35.5. The predicted octanol–water partition coefficient (Wildman–Crippen LogP) is 3.00. The van der Waals surface area contributed by atoms with Crippen LogP contribution in [-0.2, 0) is 4.79 Å². The van der Waals surface area contributed by atoms with Crippen LogP contribution in [-0.4, -0.2) is 23.0 Å². The first-order valence-electron chi connectivity index (χ1n) is 6.17. The second kappa shape index (κ2) is 7.77. The molecule has 0 fully saturated rings. The summed E-state index contributed by atoms with van der Waals surface area (Å²) >= 11 is 7.07. The summed E-state index contributed by atoms with van der Waals surface area (Å²) in [7, 11) is 0. The average molecular weight is 290 g/mol. The lowest BCUT2D eigenvalue weighted by atomic mass is 10.0. The average Bonchev–Trinajstić information content (AvgIpc) is 2.78. The Morgan fingerprint density at radius 3 is 2.83 bits per heavy atom. The lowest BCUT2D eigenvalue weighted by molar-refractivity contribution is -0.120. The molecular weight excluding hydrogens is 270 g/mol. The monoisotopic (exact) mass is 289 g/mol. The number of unbranched alkanes of at least 4 members (excludes halogenated alkanes) is 1. The van der Waals surface area contributed by atoms with Crippen LogP contribution in [0.3, 0.4) is 0 Å². The van der Waals surface area contributed by atoms with Gasteiger partial charge in [0.25, 0.3) is 0 Å². The number of rotatable bonds is 7. The number of carbonyl (C=O) groups excluding carboxylic acids is 1. The van der Waals surface area contributed by atoms with Crippen LogP contribution in [0.5, 0.6) is 0 Å². The zero-order chi connectivity index (χ0) is 13.5. The molecular formula is C13H20ClNO2S. The summed E-state index contributed by atoms with van der Waals surface area (Å²) in [5.41, 5.74) is 1.09. The predicted molar refractivity (Wildman–Crippen MR) is 76.2 cm³/mol. The van der Waals surface area contributed by atoms with E-state index in [0.29, 0.717) is 6.42 Å². The number of hydrogen-bond acceptors (Lipinski definition) is 3. The molecule has 1 amide bonds. The number of aliphatic hydroxyl groups excluding tert-OH is 1. The molecule has 1 heterocycles. The van der Waals surface area contributed by atoms with Gasteiger partial charge >= 0.3 is 0 Å². The van der Waals surface area contributed by atoms with Gasteiger partial charge in [0.1, 0.15) is 5.88 Å². The molecule has 5 heteroatoms. The van der Waals surface area contributed by atoms with Crippen molar-refractivity contribution in [3.63, 3.8) is 0 Å². The molecule has 0 saturated heterocycles. The van der Waals surface area contributed by atoms with Crippen molar-refractivity contribution in [3.05, 3.63) is 21.9 Å². The molecule has 0 aliphatic rings. The minimum absolute atomic E-state index is 0.0819. The van der Waals surface area contributed by atoms with Crippen LogP contribution < -0.4 is 5.32 Å². The van der Waals surface area contributed by atoms with E-state index < -0.39 is 6.10 Å². The van der Waals surface area contributed by atoms with Gasteiger partial charge < -0.3 is 10.4 Å². The van der Waals surface area contributed by atoms with Crippen LogP contribution in [0.15, 0.2) is 11.4 Å². The first-order valence-corrected chi connectivity index (χ1v) is 7.59. The Morgan fingerprint density at radius 2 is 2.33 bits per heavy atom. The first-order chi connectivity index (χ1) is 8.60. The molecule has 0 aliphatic heterocycles. The van der Waals surface area contributed by atoms with Gasteiger partial charge in [-0.25, -0.2) is 0 Å². The molecule has 2 unspecified atom stereocenters. The Morgan fingerprint density at radius 1 is 1.61 bits per heavy atom. The van der Waals surface area contributed by atoms with E-state index in [-0.39, 0.29) is 17.8 Å². The van der Waals surface area contributed by atoms with Crippen LogP contribution in [0, 0.1) is 6.92 Å². The molecule has 3 nitrogen and oxygen atoms in total. The van der Waals surface area contributed by atoms with Gasteiger partial charge in [-0.1, -0.05) is 19.8 Å². The maximum atomic E-state index is 11.5. The molecule has 1 aromatic rings. The van der Waals surface area contributed by atoms with Gasteiger partial charge in [-0.3, -0.25) is 4.79 Å². The summed E-state index contributed by atoms with van der Waals surface area (Å²) in [5, 5.41) is 15.0. The molecule has 2 N–H and O–H groups in total. The van der Waals surface area contributed by atoms with Gasteiger partial charge in [0.05, 0.1) is 12.1 Å². The number of thiophene rings is 1. The Bertz CT molecular complexity index is 381. The topological polar surface area (TPSA) is 49.3 Å². The Kier molecular flexibility index (Phi) is 6.68. The number of aliphatic hydroxyl groups is 1. The zero-order valence-corrected chi connectivity index (χ0v) is 12.4. The molecule has 0 aromatic carbocycles. The fourth-order valence-electron chi connectivity index (χ4n) is 1.83. The van der Waals surface area contributed by atoms with Gasteiger partial charge in [-0.15, -0.1) is 22.9 Å². The number of amides is 1. The van der Waals surface area contributed by atoms with Crippen molar-refractivity contribution >= 4 is 28.8 Å². The van der Waals surface area contributed by atoms with Crippen molar-refractivity contribution in [2.45, 2.75) is 45.3 Å². The van der Waals surface area contributed by atoms with Crippen LogP contribution in [0.1, 0.15) is 42.7 Å². The summed E-state index contributed by atoms with van der Waals surface area (Å²) in [5.74, 6) is -0.327. The minimum atomic E-state index is -0.561. The molecule has 0 radical (unpaired) electrons. The lowest BCUT2D eigenvalue weighted by Gasteiger charge is -2.23. The quantitative estimate of drug-likeness (QED) is 0.758. The fourth-order valence-corrected chi connectivity index (χ4v) is 2.94. The smallest absolute Gasteiger partial charge is 0.235 e. The summed E-state index contributed by atoms with van der Waals surface area (Å²) in [6, 6.07) is 1.65. The van der Waals surface area contributed by atoms with Crippen LogP contribution in [0.4, 0.5) is 0 Å². The van der Waals surface area contributed by atoms with E-state index in [2.05, 4.69) is 12.2 Å². The van der Waals surface area contributed by atoms with Crippen molar-refractivity contribution in [3.8, 4) is 0 Å². The third-order valence-corrected chi connectivity index (χ3v) is 4.21. The Labute approximate surface area is 117 Å². The van der Waals surface area contributed by atoms with Gasteiger partial charge in [0, 0.05) is 4.88 Å². The third-order valence-electron chi connectivity index (χ3n) is 2.86. The van der Waals surface area contributed by atoms with Crippen molar-refractivity contribution in [1.29, 1.82) is 0 Å². The SMILES string of the molecule is CCCCC(O)C(NC(=O)CCl)c1sccc1C. The molecule has 18 heavy (non-hydrogen) atoms. The molecule has 1 aromatic heterocycles. The van der Waals surface area contributed by atoms with Gasteiger partial charge in [-0.2, -0.15) is 0 Å². The molecule has 102 valence electrons. The highest BCUT2D eigenvalue weighted by Crippen LogP contribution is 2.28. The summed E-state index contributed by atoms with van der Waals surface area (Å²) in [4.78, 5) is 12.5. The van der Waals surface area contributed by atoms with Crippen LogP contribution >= 0.6 is 22.9 Å². The van der Waals surface area contributed by atoms with E-state index in [1.54, 1.807) is 11.3 Å². The van der Waals surface area contributed by atoms with Gasteiger partial charge in [0.2, 0.25) is 5.91 Å². The fraction of sp³-hybridized carbons (Fsp3) is 0.615. The van der Waals surface area contributed by atoms with E-state index in [4.69, 9.17) is 11.6 Å². The Hall–Kier alpha value is -0.580. The highest BCUT2D eigenvalue weighted by molar-refractivity contribution is 7.10. The van der Waals surface area contributed by atoms with Crippen molar-refractivity contribution in [2.75, 3.05) is 5.88 Å². The summed E-state index contributed by atoms with van der Waals surface area (Å²) in [6.07, 6.45) is 2.09. The van der Waals surface area contributed by atoms with Gasteiger partial charge in [0.15, 0.2) is 0 Å². The van der Waals surface area contributed by atoms with Crippen molar-refractivity contribution < 1.29 is 9.90 Å². The molecule has 1 rings (SSSR count). The standard InChI is InChI=1S/C13H20ClNO2S/c1-3-4-5-10(16)12(15-11(17)8-14)13-9(2)6-7-18-13/h6-7,10,12,16H,3-5,8H2,1-2H3,(H,15,17). The minimum Gasteiger partial charge on any atom is -0.391 e. The van der Waals surface area contributed by atoms with Crippen molar-refractivity contribution in [2.24, 2.45) is 0 Å². The second-order valence-corrected chi connectivity index (χ2v) is 5.57. The number of halogens is 1. The normalized spacial score (nSPS) is 14.2. The van der Waals surface area contributed by atoms with Crippen molar-refractivity contribution in [1.82, 2.24) is 5.32 Å². The molecule has 0 saturated carbocycles. The maximum Gasteiger partial charge on any atom is 0.235 e. The first kappa shape index (κ1) is 15.5. The number of aryl methyl sites for hydroxylation is 1. The Balaban J connectivity index is 2.81. The number of nitrogens with one attached hydrogen (secondary N) is 1.